The van der Waals surface area contributed by atoms with Crippen LogP contribution in [0.25, 0.3) is 0 Å². The van der Waals surface area contributed by atoms with Gasteiger partial charge in [-0.3, -0.25) is 9.89 Å². The third kappa shape index (κ3) is 3.21. The Labute approximate surface area is 88.7 Å². The molecule has 0 aliphatic rings. The molecular weight excluding hydrogens is 194 g/mol. The molecule has 1 heterocycles. The van der Waals surface area contributed by atoms with E-state index in [0.29, 0.717) is 25.3 Å². The molecule has 1 rings (SSSR count). The molecule has 0 aromatic carbocycles. The summed E-state index contributed by atoms with van der Waals surface area (Å²) in [5.74, 6) is -0.0688. The molecule has 0 fully saturated rings. The molecule has 0 bridgehead atoms. The standard InChI is InChI=1S/C10H15N3O2/c1-3-4-13(5-6-15-2)10(14)9-7-11-12-8-9/h3,7-8H,1,4-6H2,2H3,(H,11,12). The summed E-state index contributed by atoms with van der Waals surface area (Å²) in [7, 11) is 1.61. The van der Waals surface area contributed by atoms with E-state index in [0.717, 1.165) is 0 Å². The lowest BCUT2D eigenvalue weighted by Gasteiger charge is -2.19. The fraction of sp³-hybridized carbons (Fsp3) is 0.400. The number of methoxy groups -OCH3 is 1. The van der Waals surface area contributed by atoms with Crippen LogP contribution >= 0.6 is 0 Å². The second-order valence-electron chi connectivity index (χ2n) is 3.02. The number of nitrogens with zero attached hydrogens (tertiary/aromatic N) is 2. The maximum atomic E-state index is 11.9. The summed E-state index contributed by atoms with van der Waals surface area (Å²) in [5, 5.41) is 6.35. The smallest absolute Gasteiger partial charge is 0.257 e. The number of H-pyrrole nitrogens is 1. The molecule has 0 aliphatic heterocycles. The minimum Gasteiger partial charge on any atom is -0.383 e. The maximum absolute atomic E-state index is 11.9. The molecule has 0 aliphatic carbocycles. The Morgan fingerprint density at radius 2 is 2.60 bits per heavy atom. The van der Waals surface area contributed by atoms with Crippen molar-refractivity contribution in [1.82, 2.24) is 15.1 Å². The fourth-order valence-electron chi connectivity index (χ4n) is 1.18. The summed E-state index contributed by atoms with van der Waals surface area (Å²) in [5.41, 5.74) is 0.549. The Morgan fingerprint density at radius 3 is 3.13 bits per heavy atom. The van der Waals surface area contributed by atoms with Crippen molar-refractivity contribution >= 4 is 5.91 Å². The number of aromatic amines is 1. The topological polar surface area (TPSA) is 58.2 Å². The SMILES string of the molecule is C=CCN(CCOC)C(=O)c1cn[nH]c1. The van der Waals surface area contributed by atoms with Crippen LogP contribution in [-0.4, -0.2) is 47.8 Å². The van der Waals surface area contributed by atoms with Gasteiger partial charge in [0.25, 0.3) is 5.91 Å². The van der Waals surface area contributed by atoms with Crippen LogP contribution in [0.1, 0.15) is 10.4 Å². The summed E-state index contributed by atoms with van der Waals surface area (Å²) >= 11 is 0. The number of hydrogen-bond donors (Lipinski definition) is 1. The molecular formula is C10H15N3O2. The molecule has 82 valence electrons. The summed E-state index contributed by atoms with van der Waals surface area (Å²) in [6.07, 6.45) is 4.77. The lowest BCUT2D eigenvalue weighted by molar-refractivity contribution is 0.0718. The third-order valence-electron chi connectivity index (χ3n) is 1.95. The molecule has 1 aromatic heterocycles. The molecule has 0 unspecified atom stereocenters. The monoisotopic (exact) mass is 209 g/mol. The van der Waals surface area contributed by atoms with Crippen molar-refractivity contribution in [3.63, 3.8) is 0 Å². The molecule has 0 radical (unpaired) electrons. The Balaban J connectivity index is 2.62. The van der Waals surface area contributed by atoms with Crippen molar-refractivity contribution in [1.29, 1.82) is 0 Å². The Morgan fingerprint density at radius 1 is 1.80 bits per heavy atom. The molecule has 15 heavy (non-hydrogen) atoms. The minimum absolute atomic E-state index is 0.0688. The van der Waals surface area contributed by atoms with Gasteiger partial charge in [-0.1, -0.05) is 6.08 Å². The number of carbonyl (C=O) groups is 1. The highest BCUT2D eigenvalue weighted by Gasteiger charge is 2.14. The van der Waals surface area contributed by atoms with Gasteiger partial charge < -0.3 is 9.64 Å². The van der Waals surface area contributed by atoms with Crippen LogP contribution < -0.4 is 0 Å². The van der Waals surface area contributed by atoms with Crippen LogP contribution in [0, 0.1) is 0 Å². The summed E-state index contributed by atoms with van der Waals surface area (Å²) in [4.78, 5) is 13.5. The van der Waals surface area contributed by atoms with E-state index in [1.165, 1.54) is 6.20 Å². The molecule has 1 aromatic rings. The molecule has 1 N–H and O–H groups in total. The van der Waals surface area contributed by atoms with Gasteiger partial charge in [-0.05, 0) is 0 Å². The number of rotatable bonds is 6. The first-order valence-corrected chi connectivity index (χ1v) is 4.67. The molecule has 5 nitrogen and oxygen atoms in total. The highest BCUT2D eigenvalue weighted by molar-refractivity contribution is 5.93. The normalized spacial score (nSPS) is 9.93. The highest BCUT2D eigenvalue weighted by atomic mass is 16.5. The first-order valence-electron chi connectivity index (χ1n) is 4.67. The maximum Gasteiger partial charge on any atom is 0.257 e. The van der Waals surface area contributed by atoms with Crippen LogP contribution in [0.15, 0.2) is 25.0 Å². The number of hydrogen-bond acceptors (Lipinski definition) is 3. The second kappa shape index (κ2) is 5.98. The van der Waals surface area contributed by atoms with E-state index in [-0.39, 0.29) is 5.91 Å². The predicted octanol–water partition coefficient (Wildman–Crippen LogP) is 0.684. The largest absolute Gasteiger partial charge is 0.383 e. The molecule has 0 saturated heterocycles. The Bertz CT molecular complexity index is 308. The van der Waals surface area contributed by atoms with E-state index in [1.54, 1.807) is 24.3 Å². The van der Waals surface area contributed by atoms with Gasteiger partial charge in [-0.2, -0.15) is 5.10 Å². The molecule has 0 saturated carbocycles. The van der Waals surface area contributed by atoms with Crippen molar-refractivity contribution in [2.45, 2.75) is 0 Å². The zero-order valence-electron chi connectivity index (χ0n) is 8.77. The number of nitrogens with one attached hydrogen (secondary N) is 1. The van der Waals surface area contributed by atoms with E-state index in [9.17, 15) is 4.79 Å². The van der Waals surface area contributed by atoms with E-state index >= 15 is 0 Å². The van der Waals surface area contributed by atoms with Crippen LogP contribution in [0.3, 0.4) is 0 Å². The second-order valence-corrected chi connectivity index (χ2v) is 3.02. The van der Waals surface area contributed by atoms with Crippen molar-refractivity contribution < 1.29 is 9.53 Å². The molecule has 0 spiro atoms. The Hall–Kier alpha value is -1.62. The molecule has 0 atom stereocenters. The first-order chi connectivity index (χ1) is 7.29. The van der Waals surface area contributed by atoms with Gasteiger partial charge in [-0.25, -0.2) is 0 Å². The van der Waals surface area contributed by atoms with Gasteiger partial charge >= 0.3 is 0 Å². The average molecular weight is 209 g/mol. The van der Waals surface area contributed by atoms with Crippen LogP contribution in [-0.2, 0) is 4.74 Å². The van der Waals surface area contributed by atoms with E-state index in [2.05, 4.69) is 16.8 Å². The van der Waals surface area contributed by atoms with Crippen LogP contribution in [0.2, 0.25) is 0 Å². The lowest BCUT2D eigenvalue weighted by Crippen LogP contribution is -2.33. The van der Waals surface area contributed by atoms with Gasteiger partial charge in [0.2, 0.25) is 0 Å². The highest BCUT2D eigenvalue weighted by Crippen LogP contribution is 2.02. The zero-order chi connectivity index (χ0) is 11.1. The minimum atomic E-state index is -0.0688. The van der Waals surface area contributed by atoms with Crippen LogP contribution in [0.4, 0.5) is 0 Å². The number of aromatic nitrogens is 2. The zero-order valence-corrected chi connectivity index (χ0v) is 8.77. The summed E-state index contributed by atoms with van der Waals surface area (Å²) < 4.78 is 4.93. The number of amides is 1. The van der Waals surface area contributed by atoms with Gasteiger partial charge in [0.05, 0.1) is 18.4 Å². The van der Waals surface area contributed by atoms with Crippen molar-refractivity contribution in [2.24, 2.45) is 0 Å². The van der Waals surface area contributed by atoms with Gasteiger partial charge in [0, 0.05) is 26.4 Å². The fourth-order valence-corrected chi connectivity index (χ4v) is 1.18. The predicted molar refractivity (Wildman–Crippen MR) is 56.6 cm³/mol. The summed E-state index contributed by atoms with van der Waals surface area (Å²) in [6, 6.07) is 0. The number of ether oxygens (including phenoxy) is 1. The quantitative estimate of drug-likeness (QED) is 0.701. The van der Waals surface area contributed by atoms with E-state index in [1.807, 2.05) is 0 Å². The lowest BCUT2D eigenvalue weighted by atomic mass is 10.3. The van der Waals surface area contributed by atoms with E-state index < -0.39 is 0 Å². The Kier molecular flexibility index (Phi) is 4.56. The average Bonchev–Trinajstić information content (AvgIpc) is 2.76. The third-order valence-corrected chi connectivity index (χ3v) is 1.95. The molecule has 1 amide bonds. The van der Waals surface area contributed by atoms with Crippen LogP contribution in [0.5, 0.6) is 0 Å². The van der Waals surface area contributed by atoms with Crippen molar-refractivity contribution in [3.05, 3.63) is 30.6 Å². The van der Waals surface area contributed by atoms with Gasteiger partial charge in [-0.15, -0.1) is 6.58 Å². The molecule has 5 heteroatoms. The van der Waals surface area contributed by atoms with Gasteiger partial charge in [0.1, 0.15) is 0 Å². The van der Waals surface area contributed by atoms with Crippen molar-refractivity contribution in [2.75, 3.05) is 26.8 Å². The number of carbonyl (C=O) groups excluding carboxylic acids is 1. The van der Waals surface area contributed by atoms with Gasteiger partial charge in [0.15, 0.2) is 0 Å². The first kappa shape index (κ1) is 11.5. The van der Waals surface area contributed by atoms with Crippen molar-refractivity contribution in [3.8, 4) is 0 Å². The summed E-state index contributed by atoms with van der Waals surface area (Å²) in [6.45, 7) is 5.18. The van der Waals surface area contributed by atoms with E-state index in [4.69, 9.17) is 4.74 Å².